The molecule has 0 bridgehead atoms. The van der Waals surface area contributed by atoms with Gasteiger partial charge in [-0.3, -0.25) is 9.69 Å². The molecule has 1 heterocycles. The van der Waals surface area contributed by atoms with E-state index < -0.39 is 41.5 Å². The van der Waals surface area contributed by atoms with Crippen LogP contribution in [0.2, 0.25) is 0 Å². The number of carbonyl (C=O) groups excluding carboxylic acids is 3. The van der Waals surface area contributed by atoms with Crippen LogP contribution in [0, 0.1) is 5.82 Å². The molecule has 2 rings (SSSR count). The highest BCUT2D eigenvalue weighted by atomic mass is 19.1. The summed E-state index contributed by atoms with van der Waals surface area (Å²) in [5, 5.41) is 2.54. The molecule has 0 aliphatic carbocycles. The van der Waals surface area contributed by atoms with Gasteiger partial charge in [0.2, 0.25) is 0 Å². The Morgan fingerprint density at radius 2 is 1.85 bits per heavy atom. The van der Waals surface area contributed by atoms with E-state index in [1.54, 1.807) is 20.8 Å². The molecule has 1 saturated heterocycles. The molecule has 8 heteroatoms. The van der Waals surface area contributed by atoms with Gasteiger partial charge < -0.3 is 14.8 Å². The van der Waals surface area contributed by atoms with Crippen molar-refractivity contribution in [1.29, 1.82) is 0 Å². The number of carbonyl (C=O) groups is 3. The molecule has 1 aliphatic heterocycles. The molecule has 1 aromatic carbocycles. The van der Waals surface area contributed by atoms with Crippen LogP contribution in [0.25, 0.3) is 0 Å². The third-order valence-corrected chi connectivity index (χ3v) is 3.93. The number of anilines is 1. The smallest absolute Gasteiger partial charge is 0.411 e. The lowest BCUT2D eigenvalue weighted by Crippen LogP contribution is -2.45. The topological polar surface area (TPSA) is 84.9 Å². The van der Waals surface area contributed by atoms with Crippen LogP contribution in [0.3, 0.4) is 0 Å². The van der Waals surface area contributed by atoms with Gasteiger partial charge in [-0.2, -0.15) is 0 Å². The lowest BCUT2D eigenvalue weighted by atomic mass is 10.2. The van der Waals surface area contributed by atoms with Crippen LogP contribution < -0.4 is 5.32 Å². The minimum atomic E-state index is -1.07. The number of hydrogen-bond acceptors (Lipinski definition) is 5. The zero-order valence-electron chi connectivity index (χ0n) is 16.0. The highest BCUT2D eigenvalue weighted by Crippen LogP contribution is 2.22. The molecule has 1 aliphatic rings. The number of esters is 1. The van der Waals surface area contributed by atoms with Gasteiger partial charge in [-0.25, -0.2) is 14.0 Å². The molecular weight excluding hydrogens is 355 g/mol. The van der Waals surface area contributed by atoms with Gasteiger partial charge in [-0.1, -0.05) is 0 Å². The first kappa shape index (κ1) is 20.7. The highest BCUT2D eigenvalue weighted by molar-refractivity contribution is 5.95. The molecule has 27 heavy (non-hydrogen) atoms. The Morgan fingerprint density at radius 1 is 1.22 bits per heavy atom. The fraction of sp³-hybridized carbons (Fsp3) is 0.526. The number of amides is 2. The Morgan fingerprint density at radius 3 is 2.44 bits per heavy atom. The van der Waals surface area contributed by atoms with Gasteiger partial charge in [0.25, 0.3) is 5.91 Å². The van der Waals surface area contributed by atoms with Crippen molar-refractivity contribution < 1.29 is 28.2 Å². The van der Waals surface area contributed by atoms with Crippen molar-refractivity contribution in [3.05, 3.63) is 30.1 Å². The Kier molecular flexibility index (Phi) is 6.41. The third-order valence-electron chi connectivity index (χ3n) is 3.93. The maximum Gasteiger partial charge on any atom is 0.411 e. The zero-order chi connectivity index (χ0) is 20.2. The normalized spacial score (nSPS) is 18.0. The summed E-state index contributed by atoms with van der Waals surface area (Å²) >= 11 is 0. The summed E-state index contributed by atoms with van der Waals surface area (Å²) in [6.45, 7) is 7.07. The van der Waals surface area contributed by atoms with Crippen molar-refractivity contribution in [2.24, 2.45) is 0 Å². The quantitative estimate of drug-likeness (QED) is 0.812. The summed E-state index contributed by atoms with van der Waals surface area (Å²) in [5.74, 6) is -1.62. The average Bonchev–Trinajstić information content (AvgIpc) is 3.05. The lowest BCUT2D eigenvalue weighted by Gasteiger charge is -2.28. The first-order chi connectivity index (χ1) is 12.6. The number of nitrogens with one attached hydrogen (secondary N) is 1. The molecule has 2 atom stereocenters. The Balaban J connectivity index is 1.93. The zero-order valence-corrected chi connectivity index (χ0v) is 16.0. The lowest BCUT2D eigenvalue weighted by molar-refractivity contribution is -0.157. The van der Waals surface area contributed by atoms with Crippen molar-refractivity contribution in [2.75, 3.05) is 11.9 Å². The number of nitrogens with zero attached hydrogens (tertiary/aromatic N) is 1. The van der Waals surface area contributed by atoms with Crippen LogP contribution in [-0.4, -0.2) is 47.2 Å². The van der Waals surface area contributed by atoms with E-state index in [9.17, 15) is 18.8 Å². The SMILES string of the molecule is C[C@@H](OC(=O)[C@@H]1CCCN1C(=O)OC(C)(C)C)C(=O)Nc1ccc(F)cc1. The second-order valence-electron chi connectivity index (χ2n) is 7.41. The van der Waals surface area contributed by atoms with E-state index in [1.807, 2.05) is 0 Å². The Labute approximate surface area is 157 Å². The highest BCUT2D eigenvalue weighted by Gasteiger charge is 2.38. The monoisotopic (exact) mass is 380 g/mol. The van der Waals surface area contributed by atoms with Crippen LogP contribution in [0.4, 0.5) is 14.9 Å². The minimum absolute atomic E-state index is 0.389. The minimum Gasteiger partial charge on any atom is -0.451 e. The molecule has 1 N–H and O–H groups in total. The van der Waals surface area contributed by atoms with Crippen LogP contribution >= 0.6 is 0 Å². The fourth-order valence-electron chi connectivity index (χ4n) is 2.63. The van der Waals surface area contributed by atoms with Gasteiger partial charge in [-0.05, 0) is 64.8 Å². The molecule has 2 amide bonds. The van der Waals surface area contributed by atoms with Crippen LogP contribution in [0.5, 0.6) is 0 Å². The van der Waals surface area contributed by atoms with Gasteiger partial charge in [0, 0.05) is 12.2 Å². The summed E-state index contributed by atoms with van der Waals surface area (Å²) in [6.07, 6.45) is -0.548. The number of ether oxygens (including phenoxy) is 2. The van der Waals surface area contributed by atoms with Gasteiger partial charge in [0.1, 0.15) is 17.5 Å². The average molecular weight is 380 g/mol. The van der Waals surface area contributed by atoms with E-state index in [-0.39, 0.29) is 0 Å². The van der Waals surface area contributed by atoms with E-state index in [0.29, 0.717) is 25.1 Å². The summed E-state index contributed by atoms with van der Waals surface area (Å²) in [7, 11) is 0. The van der Waals surface area contributed by atoms with Crippen LogP contribution in [-0.2, 0) is 19.1 Å². The van der Waals surface area contributed by atoms with Gasteiger partial charge in [-0.15, -0.1) is 0 Å². The molecule has 148 valence electrons. The van der Waals surface area contributed by atoms with Crippen LogP contribution in [0.1, 0.15) is 40.5 Å². The third kappa shape index (κ3) is 5.94. The largest absolute Gasteiger partial charge is 0.451 e. The van der Waals surface area contributed by atoms with Crippen molar-refractivity contribution in [2.45, 2.75) is 58.3 Å². The van der Waals surface area contributed by atoms with E-state index in [0.717, 1.165) is 0 Å². The Bertz CT molecular complexity index is 699. The predicted octanol–water partition coefficient (Wildman–Crippen LogP) is 3.10. The molecule has 1 aromatic rings. The van der Waals surface area contributed by atoms with Gasteiger partial charge in [0.15, 0.2) is 6.10 Å². The summed E-state index contributed by atoms with van der Waals surface area (Å²) in [4.78, 5) is 38.2. The molecule has 0 unspecified atom stereocenters. The number of halogens is 1. The molecule has 0 saturated carbocycles. The molecule has 7 nitrogen and oxygen atoms in total. The van der Waals surface area contributed by atoms with Crippen molar-refractivity contribution >= 4 is 23.7 Å². The predicted molar refractivity (Wildman–Crippen MR) is 96.5 cm³/mol. The second kappa shape index (κ2) is 8.37. The van der Waals surface area contributed by atoms with E-state index in [2.05, 4.69) is 5.32 Å². The number of likely N-dealkylation sites (tertiary alicyclic amines) is 1. The van der Waals surface area contributed by atoms with E-state index in [1.165, 1.54) is 36.1 Å². The summed E-state index contributed by atoms with van der Waals surface area (Å²) in [5.41, 5.74) is -0.281. The maximum absolute atomic E-state index is 12.9. The first-order valence-electron chi connectivity index (χ1n) is 8.83. The molecule has 1 fully saturated rings. The molecule has 0 spiro atoms. The van der Waals surface area contributed by atoms with Gasteiger partial charge >= 0.3 is 12.1 Å². The molecule has 0 aromatic heterocycles. The van der Waals surface area contributed by atoms with Crippen molar-refractivity contribution in [1.82, 2.24) is 4.90 Å². The van der Waals surface area contributed by atoms with Crippen molar-refractivity contribution in [3.8, 4) is 0 Å². The number of hydrogen-bond donors (Lipinski definition) is 1. The van der Waals surface area contributed by atoms with Gasteiger partial charge in [0.05, 0.1) is 0 Å². The standard InChI is InChI=1S/C19H25FN2O5/c1-12(16(23)21-14-9-7-13(20)8-10-14)26-17(24)15-6-5-11-22(15)18(25)27-19(2,3)4/h7-10,12,15H,5-6,11H2,1-4H3,(H,21,23)/t12-,15+/m1/s1. The maximum atomic E-state index is 12.9. The number of rotatable bonds is 4. The molecular formula is C19H25FN2O5. The summed E-state index contributed by atoms with van der Waals surface area (Å²) < 4.78 is 23.4. The van der Waals surface area contributed by atoms with Crippen LogP contribution in [0.15, 0.2) is 24.3 Å². The van der Waals surface area contributed by atoms with E-state index in [4.69, 9.17) is 9.47 Å². The Hall–Kier alpha value is -2.64. The number of benzene rings is 1. The van der Waals surface area contributed by atoms with E-state index >= 15 is 0 Å². The first-order valence-corrected chi connectivity index (χ1v) is 8.83. The van der Waals surface area contributed by atoms with Crippen molar-refractivity contribution in [3.63, 3.8) is 0 Å². The molecule has 0 radical (unpaired) electrons. The second-order valence-corrected chi connectivity index (χ2v) is 7.41. The summed E-state index contributed by atoms with van der Waals surface area (Å²) in [6, 6.07) is 4.46. The fourth-order valence-corrected chi connectivity index (χ4v) is 2.63.